The van der Waals surface area contributed by atoms with Gasteiger partial charge in [0.2, 0.25) is 0 Å². The van der Waals surface area contributed by atoms with Crippen LogP contribution in [0.15, 0.2) is 47.3 Å². The molecule has 12 heteroatoms. The van der Waals surface area contributed by atoms with E-state index >= 15 is 0 Å². The first-order valence-electron chi connectivity index (χ1n) is 9.85. The molecule has 0 spiro atoms. The summed E-state index contributed by atoms with van der Waals surface area (Å²) in [6.45, 7) is 3.00. The molecule has 0 fully saturated rings. The van der Waals surface area contributed by atoms with Crippen molar-refractivity contribution in [2.45, 2.75) is 20.4 Å². The highest BCUT2D eigenvalue weighted by molar-refractivity contribution is 6.05. The van der Waals surface area contributed by atoms with Crippen molar-refractivity contribution < 1.29 is 19.3 Å². The van der Waals surface area contributed by atoms with E-state index in [-0.39, 0.29) is 29.0 Å². The fourth-order valence-corrected chi connectivity index (χ4v) is 3.06. The Kier molecular flexibility index (Phi) is 6.77. The molecule has 0 aliphatic rings. The minimum absolute atomic E-state index is 0.0154. The molecule has 0 unspecified atom stereocenters. The normalized spacial score (nSPS) is 10.5. The number of nitrogens with one attached hydrogen (secondary N) is 3. The van der Waals surface area contributed by atoms with Crippen LogP contribution in [0.3, 0.4) is 0 Å². The molecule has 2 aromatic carbocycles. The van der Waals surface area contributed by atoms with Crippen LogP contribution in [0.4, 0.5) is 5.69 Å². The molecule has 1 aromatic heterocycles. The molecule has 12 nitrogen and oxygen atoms in total. The summed E-state index contributed by atoms with van der Waals surface area (Å²) in [6.07, 6.45) is 0. The minimum Gasteiger partial charge on any atom is -0.343 e. The molecule has 0 saturated carbocycles. The summed E-state index contributed by atoms with van der Waals surface area (Å²) < 4.78 is 1.14. The predicted octanol–water partition coefficient (Wildman–Crippen LogP) is 0.824. The molecule has 0 radical (unpaired) electrons. The zero-order valence-electron chi connectivity index (χ0n) is 17.7. The average molecular weight is 452 g/mol. The highest BCUT2D eigenvalue weighted by atomic mass is 16.6. The van der Waals surface area contributed by atoms with E-state index in [4.69, 9.17) is 0 Å². The number of carbonyl (C=O) groups is 3. The Morgan fingerprint density at radius 1 is 1.06 bits per heavy atom. The van der Waals surface area contributed by atoms with Crippen molar-refractivity contribution in [1.29, 1.82) is 0 Å². The molecular weight excluding hydrogens is 432 g/mol. The maximum absolute atomic E-state index is 12.6. The van der Waals surface area contributed by atoms with Crippen LogP contribution in [-0.4, -0.2) is 39.0 Å². The lowest BCUT2D eigenvalue weighted by molar-refractivity contribution is -0.385. The first-order chi connectivity index (χ1) is 15.7. The lowest BCUT2D eigenvalue weighted by atomic mass is 10.1. The number of fused-ring (bicyclic) bond motifs is 1. The Balaban J connectivity index is 1.64. The van der Waals surface area contributed by atoms with Crippen LogP contribution in [0.2, 0.25) is 0 Å². The fraction of sp³-hybridized carbons (Fsp3) is 0.190. The van der Waals surface area contributed by atoms with Gasteiger partial charge in [0.15, 0.2) is 5.69 Å². The van der Waals surface area contributed by atoms with Crippen LogP contribution in [0.5, 0.6) is 0 Å². The zero-order valence-corrected chi connectivity index (χ0v) is 17.7. The molecule has 33 heavy (non-hydrogen) atoms. The van der Waals surface area contributed by atoms with Crippen LogP contribution in [0, 0.1) is 17.0 Å². The van der Waals surface area contributed by atoms with Crippen molar-refractivity contribution in [3.05, 3.63) is 79.8 Å². The number of hydrazine groups is 1. The third-order valence-electron chi connectivity index (χ3n) is 4.78. The summed E-state index contributed by atoms with van der Waals surface area (Å²) in [5.41, 5.74) is 4.16. The number of nitrogens with zero attached hydrogens (tertiary/aromatic N) is 3. The smallest absolute Gasteiger partial charge is 0.290 e. The third kappa shape index (κ3) is 5.01. The second kappa shape index (κ2) is 9.68. The number of hydrogen-bond donors (Lipinski definition) is 3. The van der Waals surface area contributed by atoms with E-state index in [0.29, 0.717) is 16.3 Å². The van der Waals surface area contributed by atoms with Crippen molar-refractivity contribution in [3.8, 4) is 0 Å². The van der Waals surface area contributed by atoms with E-state index in [9.17, 15) is 29.3 Å². The highest BCUT2D eigenvalue weighted by Crippen LogP contribution is 2.19. The topological polar surface area (TPSA) is 165 Å². The standard InChI is InChI=1S/C21H20N6O6/c1-3-26-21(31)15-7-5-4-6-14(15)18(25-26)20(30)24-23-17(28)11-22-19(29)13-9-8-12(2)16(10-13)27(32)33/h4-10H,3,11H2,1-2H3,(H,22,29)(H,23,28)(H,24,30). The van der Waals surface area contributed by atoms with Crippen LogP contribution in [0.25, 0.3) is 10.8 Å². The molecule has 170 valence electrons. The van der Waals surface area contributed by atoms with Crippen LogP contribution in [-0.2, 0) is 11.3 Å². The summed E-state index contributed by atoms with van der Waals surface area (Å²) in [5.74, 6) is -2.18. The SMILES string of the molecule is CCn1nc(C(=O)NNC(=O)CNC(=O)c2ccc(C)c([N+](=O)[O-])c2)c2ccccc2c1=O. The maximum atomic E-state index is 12.6. The summed E-state index contributed by atoms with van der Waals surface area (Å²) in [4.78, 5) is 59.6. The van der Waals surface area contributed by atoms with Crippen molar-refractivity contribution in [3.63, 3.8) is 0 Å². The van der Waals surface area contributed by atoms with Gasteiger partial charge in [-0.05, 0) is 26.0 Å². The van der Waals surface area contributed by atoms with Gasteiger partial charge in [0.25, 0.3) is 29.0 Å². The Morgan fingerprint density at radius 3 is 2.42 bits per heavy atom. The molecule has 0 aliphatic heterocycles. The molecule has 0 atom stereocenters. The molecule has 1 heterocycles. The Bertz CT molecular complexity index is 1330. The van der Waals surface area contributed by atoms with E-state index in [1.54, 1.807) is 38.1 Å². The molecule has 0 aliphatic carbocycles. The second-order valence-electron chi connectivity index (χ2n) is 6.96. The zero-order chi connectivity index (χ0) is 24.1. The number of aromatic nitrogens is 2. The van der Waals surface area contributed by atoms with Gasteiger partial charge >= 0.3 is 0 Å². The minimum atomic E-state index is -0.748. The highest BCUT2D eigenvalue weighted by Gasteiger charge is 2.18. The van der Waals surface area contributed by atoms with E-state index in [1.165, 1.54) is 12.1 Å². The van der Waals surface area contributed by atoms with Crippen LogP contribution in [0.1, 0.15) is 33.3 Å². The summed E-state index contributed by atoms with van der Waals surface area (Å²) in [7, 11) is 0. The number of amides is 3. The van der Waals surface area contributed by atoms with Gasteiger partial charge in [-0.2, -0.15) is 5.10 Å². The van der Waals surface area contributed by atoms with Gasteiger partial charge in [0.1, 0.15) is 0 Å². The number of carbonyl (C=O) groups excluding carboxylic acids is 3. The Hall–Kier alpha value is -4.61. The third-order valence-corrected chi connectivity index (χ3v) is 4.78. The molecule has 3 rings (SSSR count). The van der Waals surface area contributed by atoms with Gasteiger partial charge in [0.05, 0.1) is 16.9 Å². The molecule has 3 aromatic rings. The molecule has 3 N–H and O–H groups in total. The lowest BCUT2D eigenvalue weighted by Crippen LogP contribution is -2.47. The monoisotopic (exact) mass is 452 g/mol. The number of rotatable bonds is 6. The van der Waals surface area contributed by atoms with Crippen molar-refractivity contribution in [1.82, 2.24) is 25.9 Å². The number of benzene rings is 2. The van der Waals surface area contributed by atoms with Crippen LogP contribution < -0.4 is 21.7 Å². The van der Waals surface area contributed by atoms with Gasteiger partial charge in [-0.1, -0.05) is 24.3 Å². The van der Waals surface area contributed by atoms with Gasteiger partial charge in [-0.25, -0.2) is 4.68 Å². The molecule has 3 amide bonds. The Labute approximate surface area is 186 Å². The van der Waals surface area contributed by atoms with Gasteiger partial charge in [-0.3, -0.25) is 40.1 Å². The molecular formula is C21H20N6O6. The quantitative estimate of drug-likeness (QED) is 0.368. The van der Waals surface area contributed by atoms with Crippen LogP contribution >= 0.6 is 0 Å². The second-order valence-corrected chi connectivity index (χ2v) is 6.96. The lowest BCUT2D eigenvalue weighted by Gasteiger charge is -2.11. The molecule has 0 saturated heterocycles. The van der Waals surface area contributed by atoms with E-state index in [1.807, 2.05) is 0 Å². The van der Waals surface area contributed by atoms with Crippen molar-refractivity contribution in [2.24, 2.45) is 0 Å². The number of hydrogen-bond acceptors (Lipinski definition) is 7. The average Bonchev–Trinajstić information content (AvgIpc) is 2.81. The van der Waals surface area contributed by atoms with E-state index < -0.39 is 29.2 Å². The van der Waals surface area contributed by atoms with Crippen molar-refractivity contribution >= 4 is 34.2 Å². The van der Waals surface area contributed by atoms with Gasteiger partial charge in [-0.15, -0.1) is 0 Å². The van der Waals surface area contributed by atoms with Gasteiger partial charge in [0, 0.05) is 29.1 Å². The number of nitro benzene ring substituents is 1. The molecule has 0 bridgehead atoms. The van der Waals surface area contributed by atoms with Gasteiger partial charge < -0.3 is 5.32 Å². The number of nitro groups is 1. The summed E-state index contributed by atoms with van der Waals surface area (Å²) >= 11 is 0. The number of aryl methyl sites for hydroxylation is 2. The van der Waals surface area contributed by atoms with E-state index in [0.717, 1.165) is 10.7 Å². The van der Waals surface area contributed by atoms with Crippen molar-refractivity contribution in [2.75, 3.05) is 6.54 Å². The summed E-state index contributed by atoms with van der Waals surface area (Å²) in [5, 5.41) is 18.0. The van der Waals surface area contributed by atoms with E-state index in [2.05, 4.69) is 21.3 Å². The first kappa shape index (κ1) is 23.1. The fourth-order valence-electron chi connectivity index (χ4n) is 3.06. The first-order valence-corrected chi connectivity index (χ1v) is 9.85. The Morgan fingerprint density at radius 2 is 1.76 bits per heavy atom. The summed E-state index contributed by atoms with van der Waals surface area (Å²) in [6, 6.07) is 10.4. The largest absolute Gasteiger partial charge is 0.343 e. The predicted molar refractivity (Wildman–Crippen MR) is 117 cm³/mol. The maximum Gasteiger partial charge on any atom is 0.290 e.